The van der Waals surface area contributed by atoms with Crippen molar-refractivity contribution < 1.29 is 42.5 Å². The maximum atomic E-state index is 12.4. The van der Waals surface area contributed by atoms with Crippen LogP contribution in [0, 0.1) is 12.8 Å². The van der Waals surface area contributed by atoms with E-state index in [0.717, 1.165) is 11.2 Å². The molecule has 1 aromatic heterocycles. The zero-order valence-electron chi connectivity index (χ0n) is 17.0. The van der Waals surface area contributed by atoms with Gasteiger partial charge >= 0.3 is 5.69 Å². The summed E-state index contributed by atoms with van der Waals surface area (Å²) in [5, 5.41) is 0. The fraction of sp³-hybridized carbons (Fsp3) is 0.750. The predicted octanol–water partition coefficient (Wildman–Crippen LogP) is -2.36. The van der Waals surface area contributed by atoms with Crippen molar-refractivity contribution in [2.24, 2.45) is 5.92 Å². The second-order valence-corrected chi connectivity index (χ2v) is 11.1. The molecular weight excluding hydrogens is 458 g/mol. The summed E-state index contributed by atoms with van der Waals surface area (Å²) in [5.74, 6) is -0.824. The average molecular weight is 481 g/mol. The zero-order chi connectivity index (χ0) is 23.1. The molecule has 1 saturated heterocycles. The topological polar surface area (TPSA) is 195 Å². The highest BCUT2D eigenvalue weighted by Gasteiger charge is 2.58. The number of ether oxygens (including phenoxy) is 3. The molecule has 0 amide bonds. The van der Waals surface area contributed by atoms with Crippen molar-refractivity contribution in [2.75, 3.05) is 27.0 Å². The fourth-order valence-electron chi connectivity index (χ4n) is 3.71. The van der Waals surface area contributed by atoms with Gasteiger partial charge in [-0.3, -0.25) is 14.3 Å². The lowest BCUT2D eigenvalue weighted by molar-refractivity contribution is -0.314. The number of hydrogen-bond acceptors (Lipinski definition) is 11. The third-order valence-electron chi connectivity index (χ3n) is 5.19. The predicted molar refractivity (Wildman–Crippen MR) is 99.5 cm³/mol. The minimum atomic E-state index is -4.93. The highest BCUT2D eigenvalue weighted by molar-refractivity contribution is 7.50. The van der Waals surface area contributed by atoms with Gasteiger partial charge in [-0.25, -0.2) is 4.79 Å². The quantitative estimate of drug-likeness (QED) is 0.293. The molecule has 1 aromatic rings. The Hall–Kier alpha value is -1.14. The maximum Gasteiger partial charge on any atom is 0.330 e. The van der Waals surface area contributed by atoms with Crippen molar-refractivity contribution in [3.8, 4) is 0 Å². The summed E-state index contributed by atoms with van der Waals surface area (Å²) in [6.07, 6.45) is -3.71. The van der Waals surface area contributed by atoms with Crippen LogP contribution in [0.2, 0.25) is 0 Å². The first-order valence-corrected chi connectivity index (χ1v) is 13.0. The molecule has 0 spiro atoms. The van der Waals surface area contributed by atoms with Crippen LogP contribution in [0.15, 0.2) is 15.8 Å². The van der Waals surface area contributed by atoms with Crippen LogP contribution in [-0.4, -0.2) is 60.5 Å². The van der Waals surface area contributed by atoms with Crippen LogP contribution in [0.4, 0.5) is 0 Å². The minimum Gasteiger partial charge on any atom is -0.811 e. The van der Waals surface area contributed by atoms with Gasteiger partial charge in [0.1, 0.15) is 19.8 Å². The summed E-state index contributed by atoms with van der Waals surface area (Å²) in [5.41, 5.74) is -2.51. The number of hydrogen-bond donors (Lipinski definition) is 1. The SMILES string of the molecule is COCCOC1C(OP(C)(=O)[O-])C(C2CC2P(=O)([O-])[O-])OC1n1cc(C)c(=O)[nH]c1=O. The van der Waals surface area contributed by atoms with Crippen molar-refractivity contribution in [3.63, 3.8) is 0 Å². The third-order valence-corrected chi connectivity index (χ3v) is 7.22. The van der Waals surface area contributed by atoms with Gasteiger partial charge in [-0.1, -0.05) is 7.60 Å². The van der Waals surface area contributed by atoms with Gasteiger partial charge in [0.2, 0.25) is 0 Å². The Kier molecular flexibility index (Phi) is 7.12. The molecule has 0 radical (unpaired) electrons. The van der Waals surface area contributed by atoms with Crippen LogP contribution in [0.3, 0.4) is 0 Å². The Morgan fingerprint density at radius 2 is 1.90 bits per heavy atom. The van der Waals surface area contributed by atoms with Gasteiger partial charge in [0, 0.05) is 25.5 Å². The minimum absolute atomic E-state index is 0.0206. The molecule has 0 bridgehead atoms. The highest BCUT2D eigenvalue weighted by atomic mass is 31.2. The number of aryl methyl sites for hydroxylation is 1. The standard InChI is InChI=1S/C16H26N2O11P2/c1-8-7-18(16(20)17-14(8)19)15-13(27-5-4-26-2)12(29-30(3,21)22)11(28-15)9-6-10(9)31(23,24)25/h7,9-13,15H,4-6H2,1-3H3,(H,21,22)(H,17,19,20)(H2,23,24,25)/p-3. The Bertz CT molecular complexity index is 1010. The average Bonchev–Trinajstić information content (AvgIpc) is 3.37. The van der Waals surface area contributed by atoms with Gasteiger partial charge in [0.15, 0.2) is 6.23 Å². The number of methoxy groups -OCH3 is 1. The van der Waals surface area contributed by atoms with Crippen LogP contribution in [0.5, 0.6) is 0 Å². The van der Waals surface area contributed by atoms with E-state index in [2.05, 4.69) is 4.98 Å². The van der Waals surface area contributed by atoms with E-state index in [9.17, 15) is 33.4 Å². The Morgan fingerprint density at radius 1 is 1.23 bits per heavy atom. The van der Waals surface area contributed by atoms with Gasteiger partial charge in [-0.05, 0) is 24.9 Å². The van der Waals surface area contributed by atoms with Crippen LogP contribution in [0.25, 0.3) is 0 Å². The number of nitrogens with zero attached hydrogens (tertiary/aromatic N) is 1. The lowest BCUT2D eigenvalue weighted by atomic mass is 10.1. The van der Waals surface area contributed by atoms with E-state index in [1.54, 1.807) is 0 Å². The summed E-state index contributed by atoms with van der Waals surface area (Å²) in [4.78, 5) is 61.1. The normalized spacial score (nSPS) is 32.7. The first-order chi connectivity index (χ1) is 14.3. The summed E-state index contributed by atoms with van der Waals surface area (Å²) in [7, 11) is -7.87. The summed E-state index contributed by atoms with van der Waals surface area (Å²) < 4.78 is 46.1. The maximum absolute atomic E-state index is 12.4. The fourth-order valence-corrected chi connectivity index (χ4v) is 5.53. The number of rotatable bonds is 9. The van der Waals surface area contributed by atoms with Crippen molar-refractivity contribution in [1.82, 2.24) is 9.55 Å². The molecule has 31 heavy (non-hydrogen) atoms. The number of H-pyrrole nitrogens is 1. The molecule has 1 saturated carbocycles. The van der Waals surface area contributed by atoms with E-state index < -0.39 is 62.6 Å². The molecule has 1 aliphatic carbocycles. The summed E-state index contributed by atoms with van der Waals surface area (Å²) in [6.45, 7) is 2.39. The lowest BCUT2D eigenvalue weighted by Crippen LogP contribution is -2.41. The zero-order valence-corrected chi connectivity index (χ0v) is 18.8. The Morgan fingerprint density at radius 3 is 2.45 bits per heavy atom. The molecule has 176 valence electrons. The molecule has 1 aliphatic heterocycles. The lowest BCUT2D eigenvalue weighted by Gasteiger charge is -2.32. The number of aromatic nitrogens is 2. The van der Waals surface area contributed by atoms with Crippen molar-refractivity contribution in [2.45, 2.75) is 43.5 Å². The molecule has 2 heterocycles. The van der Waals surface area contributed by atoms with Crippen LogP contribution in [-0.2, 0) is 27.9 Å². The van der Waals surface area contributed by atoms with Gasteiger partial charge in [-0.15, -0.1) is 0 Å². The molecule has 0 aromatic carbocycles. The van der Waals surface area contributed by atoms with Crippen LogP contribution < -0.4 is 25.9 Å². The van der Waals surface area contributed by atoms with Gasteiger partial charge in [0.25, 0.3) is 5.56 Å². The second-order valence-electron chi connectivity index (χ2n) is 7.65. The molecule has 13 nitrogen and oxygen atoms in total. The number of aromatic amines is 1. The van der Waals surface area contributed by atoms with Crippen molar-refractivity contribution in [1.29, 1.82) is 0 Å². The van der Waals surface area contributed by atoms with E-state index in [-0.39, 0.29) is 25.2 Å². The monoisotopic (exact) mass is 481 g/mol. The van der Waals surface area contributed by atoms with E-state index in [1.165, 1.54) is 20.2 Å². The number of nitrogens with one attached hydrogen (secondary N) is 1. The van der Waals surface area contributed by atoms with E-state index in [0.29, 0.717) is 0 Å². The molecule has 15 heteroatoms. The van der Waals surface area contributed by atoms with Crippen molar-refractivity contribution in [3.05, 3.63) is 32.6 Å². The molecule has 7 atom stereocenters. The van der Waals surface area contributed by atoms with E-state index >= 15 is 0 Å². The summed E-state index contributed by atoms with van der Waals surface area (Å²) in [6, 6.07) is 0. The largest absolute Gasteiger partial charge is 0.811 e. The van der Waals surface area contributed by atoms with Crippen LogP contribution >= 0.6 is 15.2 Å². The van der Waals surface area contributed by atoms with Gasteiger partial charge < -0.3 is 42.5 Å². The molecule has 3 rings (SSSR count). The summed E-state index contributed by atoms with van der Waals surface area (Å²) >= 11 is 0. The first kappa shape index (κ1) is 24.5. The van der Waals surface area contributed by atoms with Crippen LogP contribution in [0.1, 0.15) is 18.2 Å². The second kappa shape index (κ2) is 9.01. The Labute approximate surface area is 177 Å². The highest BCUT2D eigenvalue weighted by Crippen LogP contribution is 2.58. The molecule has 2 aliphatic rings. The molecular formula is C16H23N2O11P2-3. The smallest absolute Gasteiger partial charge is 0.330 e. The van der Waals surface area contributed by atoms with E-state index in [4.69, 9.17) is 18.7 Å². The molecule has 7 unspecified atom stereocenters. The molecule has 2 fully saturated rings. The third kappa shape index (κ3) is 5.62. The molecule has 1 N–H and O–H groups in total. The Balaban J connectivity index is 2.01. The van der Waals surface area contributed by atoms with E-state index in [1.807, 2.05) is 0 Å². The van der Waals surface area contributed by atoms with Crippen molar-refractivity contribution >= 4 is 15.2 Å². The van der Waals surface area contributed by atoms with Gasteiger partial charge in [0.05, 0.1) is 19.3 Å². The van der Waals surface area contributed by atoms with Gasteiger partial charge in [-0.2, -0.15) is 0 Å². The first-order valence-electron chi connectivity index (χ1n) is 9.40.